The van der Waals surface area contributed by atoms with Crippen LogP contribution in [0.4, 0.5) is 0 Å². The molecule has 3 heterocycles. The molecule has 1 aromatic carbocycles. The number of pyridine rings is 1. The molecule has 2 aromatic heterocycles. The van der Waals surface area contributed by atoms with Crippen LogP contribution in [-0.2, 0) is 11.3 Å². The molecule has 26 heavy (non-hydrogen) atoms. The Kier molecular flexibility index (Phi) is 4.65. The number of aromatic nitrogens is 3. The monoisotopic (exact) mass is 356 g/mol. The van der Waals surface area contributed by atoms with E-state index in [2.05, 4.69) is 15.1 Å². The van der Waals surface area contributed by atoms with E-state index in [1.165, 1.54) is 5.56 Å². The fourth-order valence-electron chi connectivity index (χ4n) is 3.64. The predicted octanol–water partition coefficient (Wildman–Crippen LogP) is 2.66. The van der Waals surface area contributed by atoms with Crippen molar-refractivity contribution < 1.29 is 14.2 Å². The number of nitrogens with zero attached hydrogens (tertiary/aromatic N) is 3. The van der Waals surface area contributed by atoms with E-state index in [4.69, 9.17) is 19.2 Å². The lowest BCUT2D eigenvalue weighted by Gasteiger charge is -2.21. The number of ether oxygens (including phenoxy) is 3. The average molecular weight is 356 g/mol. The van der Waals surface area contributed by atoms with E-state index >= 15 is 0 Å². The molecule has 0 saturated carbocycles. The highest BCUT2D eigenvalue weighted by Gasteiger charge is 2.20. The molecule has 0 spiro atoms. The Morgan fingerprint density at radius 2 is 2.08 bits per heavy atom. The van der Waals surface area contributed by atoms with Crippen molar-refractivity contribution >= 4 is 21.9 Å². The van der Waals surface area contributed by atoms with E-state index in [-0.39, 0.29) is 0 Å². The molecule has 0 bridgehead atoms. The van der Waals surface area contributed by atoms with Crippen molar-refractivity contribution in [1.29, 1.82) is 0 Å². The van der Waals surface area contributed by atoms with Crippen molar-refractivity contribution in [3.8, 4) is 11.5 Å². The average Bonchev–Trinajstić information content (AvgIpc) is 2.86. The van der Waals surface area contributed by atoms with E-state index in [1.54, 1.807) is 14.2 Å². The highest BCUT2D eigenvalue weighted by atomic mass is 16.5. The summed E-state index contributed by atoms with van der Waals surface area (Å²) in [4.78, 5) is 7.18. The Balaban J connectivity index is 1.94. The fourth-order valence-corrected chi connectivity index (χ4v) is 3.64. The SMILES string of the molecule is COc1cc(OC)c2nc3n[nH]c(C)c3c(CN3CCCOCC3)c2c1. The van der Waals surface area contributed by atoms with Crippen LogP contribution in [0, 0.1) is 6.92 Å². The smallest absolute Gasteiger partial charge is 0.182 e. The topological polar surface area (TPSA) is 72.5 Å². The van der Waals surface area contributed by atoms with Gasteiger partial charge in [-0.05, 0) is 25.0 Å². The first-order chi connectivity index (χ1) is 12.7. The molecule has 4 rings (SSSR count). The molecule has 0 radical (unpaired) electrons. The quantitative estimate of drug-likeness (QED) is 0.775. The predicted molar refractivity (Wildman–Crippen MR) is 99.9 cm³/mol. The van der Waals surface area contributed by atoms with E-state index < -0.39 is 0 Å². The number of rotatable bonds is 4. The Morgan fingerprint density at radius 1 is 1.19 bits per heavy atom. The Hall–Kier alpha value is -2.38. The zero-order chi connectivity index (χ0) is 18.1. The van der Waals surface area contributed by atoms with Crippen LogP contribution in [0.25, 0.3) is 21.9 Å². The molecular weight excluding hydrogens is 332 g/mol. The van der Waals surface area contributed by atoms with Gasteiger partial charge in [0.2, 0.25) is 0 Å². The number of hydrogen-bond donors (Lipinski definition) is 1. The Labute approximate surface area is 152 Å². The normalized spacial score (nSPS) is 16.1. The summed E-state index contributed by atoms with van der Waals surface area (Å²) in [6, 6.07) is 3.91. The Morgan fingerprint density at radius 3 is 2.88 bits per heavy atom. The molecule has 1 saturated heterocycles. The molecule has 0 aliphatic carbocycles. The van der Waals surface area contributed by atoms with Crippen molar-refractivity contribution in [2.24, 2.45) is 0 Å². The summed E-state index contributed by atoms with van der Waals surface area (Å²) < 4.78 is 16.7. The van der Waals surface area contributed by atoms with Crippen molar-refractivity contribution in [1.82, 2.24) is 20.1 Å². The van der Waals surface area contributed by atoms with Gasteiger partial charge in [0.05, 0.1) is 20.8 Å². The van der Waals surface area contributed by atoms with Crippen LogP contribution in [0.5, 0.6) is 11.5 Å². The zero-order valence-electron chi connectivity index (χ0n) is 15.5. The van der Waals surface area contributed by atoms with E-state index in [9.17, 15) is 0 Å². The number of H-pyrrole nitrogens is 1. The molecule has 0 atom stereocenters. The molecule has 0 unspecified atom stereocenters. The lowest BCUT2D eigenvalue weighted by Crippen LogP contribution is -2.26. The summed E-state index contributed by atoms with van der Waals surface area (Å²) in [6.07, 6.45) is 1.04. The molecular formula is C19H24N4O3. The summed E-state index contributed by atoms with van der Waals surface area (Å²) in [5.74, 6) is 1.46. The van der Waals surface area contributed by atoms with Crippen molar-refractivity contribution in [3.63, 3.8) is 0 Å². The lowest BCUT2D eigenvalue weighted by molar-refractivity contribution is 0.140. The molecule has 0 amide bonds. The standard InChI is InChI=1S/C19H24N4O3/c1-12-17-15(11-23-5-4-7-26-8-6-23)14-9-13(24-2)10-16(25-3)18(14)20-19(17)22-21-12/h9-10H,4-8,11H2,1-3H3,(H,20,21,22). The first-order valence-corrected chi connectivity index (χ1v) is 8.90. The van der Waals surface area contributed by atoms with Crippen molar-refractivity contribution in [2.75, 3.05) is 40.5 Å². The summed E-state index contributed by atoms with van der Waals surface area (Å²) in [7, 11) is 3.32. The molecule has 138 valence electrons. The number of hydrogen-bond acceptors (Lipinski definition) is 6. The Bertz CT molecular complexity index is 930. The van der Waals surface area contributed by atoms with Gasteiger partial charge >= 0.3 is 0 Å². The van der Waals surface area contributed by atoms with Gasteiger partial charge in [0, 0.05) is 48.8 Å². The largest absolute Gasteiger partial charge is 0.497 e. The second-order valence-electron chi connectivity index (χ2n) is 6.61. The third-order valence-corrected chi connectivity index (χ3v) is 4.97. The molecule has 1 N–H and O–H groups in total. The number of aryl methyl sites for hydroxylation is 1. The van der Waals surface area contributed by atoms with Crippen LogP contribution >= 0.6 is 0 Å². The number of aromatic amines is 1. The van der Waals surface area contributed by atoms with Crippen molar-refractivity contribution in [2.45, 2.75) is 19.9 Å². The van der Waals surface area contributed by atoms with Gasteiger partial charge in [0.15, 0.2) is 5.65 Å². The van der Waals surface area contributed by atoms with Crippen LogP contribution in [0.3, 0.4) is 0 Å². The molecule has 7 heteroatoms. The van der Waals surface area contributed by atoms with Gasteiger partial charge in [-0.25, -0.2) is 4.98 Å². The maximum atomic E-state index is 5.61. The van der Waals surface area contributed by atoms with Gasteiger partial charge in [0.1, 0.15) is 17.0 Å². The van der Waals surface area contributed by atoms with E-state index in [0.29, 0.717) is 5.75 Å². The summed E-state index contributed by atoms with van der Waals surface area (Å²) in [6.45, 7) is 6.38. The fraction of sp³-hybridized carbons (Fsp3) is 0.474. The highest BCUT2D eigenvalue weighted by Crippen LogP contribution is 2.36. The first-order valence-electron chi connectivity index (χ1n) is 8.90. The first kappa shape index (κ1) is 17.1. The minimum Gasteiger partial charge on any atom is -0.497 e. The number of methoxy groups -OCH3 is 2. The van der Waals surface area contributed by atoms with Gasteiger partial charge in [-0.3, -0.25) is 10.00 Å². The molecule has 1 aliphatic rings. The minimum absolute atomic E-state index is 0.697. The van der Waals surface area contributed by atoms with Crippen LogP contribution in [0.2, 0.25) is 0 Å². The molecule has 7 nitrogen and oxygen atoms in total. The molecule has 3 aromatic rings. The second kappa shape index (κ2) is 7.09. The van der Waals surface area contributed by atoms with Crippen LogP contribution in [-0.4, -0.2) is 60.6 Å². The van der Waals surface area contributed by atoms with Crippen LogP contribution in [0.1, 0.15) is 17.7 Å². The summed E-state index contributed by atoms with van der Waals surface area (Å²) >= 11 is 0. The van der Waals surface area contributed by atoms with Crippen LogP contribution in [0.15, 0.2) is 12.1 Å². The van der Waals surface area contributed by atoms with Gasteiger partial charge in [-0.1, -0.05) is 0 Å². The van der Waals surface area contributed by atoms with E-state index in [1.807, 2.05) is 19.1 Å². The summed E-state index contributed by atoms with van der Waals surface area (Å²) in [5, 5.41) is 9.60. The second-order valence-corrected chi connectivity index (χ2v) is 6.61. The van der Waals surface area contributed by atoms with Crippen LogP contribution < -0.4 is 9.47 Å². The van der Waals surface area contributed by atoms with Gasteiger partial charge in [-0.15, -0.1) is 0 Å². The van der Waals surface area contributed by atoms with Gasteiger partial charge in [0.25, 0.3) is 0 Å². The maximum absolute atomic E-state index is 5.61. The van der Waals surface area contributed by atoms with Crippen molar-refractivity contribution in [3.05, 3.63) is 23.4 Å². The highest BCUT2D eigenvalue weighted by molar-refractivity contribution is 6.00. The number of nitrogens with one attached hydrogen (secondary N) is 1. The third-order valence-electron chi connectivity index (χ3n) is 4.97. The third kappa shape index (κ3) is 2.97. The maximum Gasteiger partial charge on any atom is 0.182 e. The zero-order valence-corrected chi connectivity index (χ0v) is 15.5. The van der Waals surface area contributed by atoms with E-state index in [0.717, 1.165) is 72.6 Å². The number of benzene rings is 1. The summed E-state index contributed by atoms with van der Waals surface area (Å²) in [5.41, 5.74) is 3.76. The van der Waals surface area contributed by atoms with Gasteiger partial charge in [-0.2, -0.15) is 5.10 Å². The van der Waals surface area contributed by atoms with Gasteiger partial charge < -0.3 is 14.2 Å². The lowest BCUT2D eigenvalue weighted by atomic mass is 10.0. The minimum atomic E-state index is 0.697. The molecule has 1 fully saturated rings. The number of fused-ring (bicyclic) bond motifs is 2. The molecule has 1 aliphatic heterocycles.